The fourth-order valence-corrected chi connectivity index (χ4v) is 3.67. The number of rotatable bonds is 2. The molecule has 3 rings (SSSR count). The van der Waals surface area contributed by atoms with E-state index in [1.54, 1.807) is 18.0 Å². The summed E-state index contributed by atoms with van der Waals surface area (Å²) in [5.41, 5.74) is -0.939. The number of carbonyl (C=O) groups is 1. The lowest BCUT2D eigenvalue weighted by Crippen LogP contribution is -2.49. The third-order valence-electron chi connectivity index (χ3n) is 4.85. The molecule has 0 unspecified atom stereocenters. The summed E-state index contributed by atoms with van der Waals surface area (Å²) < 4.78 is 34.0. The number of nitriles is 1. The molecule has 122 valence electrons. The van der Waals surface area contributed by atoms with Gasteiger partial charge in [-0.3, -0.25) is 4.79 Å². The zero-order chi connectivity index (χ0) is 16.6. The van der Waals surface area contributed by atoms with Crippen LogP contribution in [-0.2, 0) is 9.53 Å². The molecule has 1 aromatic carbocycles. The van der Waals surface area contributed by atoms with Crippen molar-refractivity contribution in [2.24, 2.45) is 11.3 Å². The minimum Gasteiger partial charge on any atom is -0.381 e. The van der Waals surface area contributed by atoms with Gasteiger partial charge in [-0.25, -0.2) is 8.78 Å². The van der Waals surface area contributed by atoms with Crippen molar-refractivity contribution in [3.8, 4) is 6.07 Å². The van der Waals surface area contributed by atoms with Crippen molar-refractivity contribution < 1.29 is 18.3 Å². The molecule has 0 aromatic heterocycles. The summed E-state index contributed by atoms with van der Waals surface area (Å²) in [4.78, 5) is 13.9. The number of nitrogens with one attached hydrogen (secondary N) is 1. The average molecular weight is 321 g/mol. The van der Waals surface area contributed by atoms with Gasteiger partial charge >= 0.3 is 0 Å². The molecule has 0 bridgehead atoms. The predicted octanol–water partition coefficient (Wildman–Crippen LogP) is 1.43. The van der Waals surface area contributed by atoms with Crippen LogP contribution in [0.5, 0.6) is 0 Å². The van der Waals surface area contributed by atoms with Gasteiger partial charge in [-0.15, -0.1) is 0 Å². The molecule has 1 aromatic rings. The van der Waals surface area contributed by atoms with E-state index in [-0.39, 0.29) is 29.6 Å². The van der Waals surface area contributed by atoms with Crippen LogP contribution in [-0.4, -0.2) is 39.3 Å². The summed E-state index contributed by atoms with van der Waals surface area (Å²) in [6.07, 6.45) is 0.521. The van der Waals surface area contributed by atoms with Gasteiger partial charge in [-0.05, 0) is 18.6 Å². The SMILES string of the molecule is CNC(=O)[C@]12CCOC[C@H]1CN(c1c(F)cc(C#N)cc1F)C2. The molecule has 2 atom stereocenters. The molecule has 2 fully saturated rings. The highest BCUT2D eigenvalue weighted by atomic mass is 19.1. The number of hydrogen-bond donors (Lipinski definition) is 1. The molecule has 5 nitrogen and oxygen atoms in total. The highest BCUT2D eigenvalue weighted by molar-refractivity contribution is 5.84. The van der Waals surface area contributed by atoms with E-state index in [2.05, 4.69) is 5.32 Å². The standard InChI is InChI=1S/C16H17F2N3O2/c1-20-15(22)16-2-3-23-8-11(16)7-21(9-16)14-12(17)4-10(6-19)5-13(14)18/h4-5,11H,2-3,7-9H2,1H3,(H,20,22)/t11-,16+/m1/s1. The molecule has 1 N–H and O–H groups in total. The van der Waals surface area contributed by atoms with Gasteiger partial charge in [-0.1, -0.05) is 0 Å². The Hall–Kier alpha value is -2.20. The maximum Gasteiger partial charge on any atom is 0.228 e. The second kappa shape index (κ2) is 5.78. The zero-order valence-electron chi connectivity index (χ0n) is 12.7. The van der Waals surface area contributed by atoms with Crippen LogP contribution in [0, 0.1) is 34.3 Å². The third-order valence-corrected chi connectivity index (χ3v) is 4.85. The maximum absolute atomic E-state index is 14.3. The monoisotopic (exact) mass is 321 g/mol. The van der Waals surface area contributed by atoms with Gasteiger partial charge in [0.05, 0.1) is 23.7 Å². The smallest absolute Gasteiger partial charge is 0.228 e. The Bertz CT molecular complexity index is 665. The molecule has 0 saturated carbocycles. The number of hydrogen-bond acceptors (Lipinski definition) is 4. The van der Waals surface area contributed by atoms with Crippen molar-refractivity contribution in [2.45, 2.75) is 6.42 Å². The van der Waals surface area contributed by atoms with E-state index >= 15 is 0 Å². The molecule has 7 heteroatoms. The molecule has 1 amide bonds. The van der Waals surface area contributed by atoms with Crippen LogP contribution in [0.3, 0.4) is 0 Å². The maximum atomic E-state index is 14.3. The van der Waals surface area contributed by atoms with E-state index in [1.165, 1.54) is 0 Å². The van der Waals surface area contributed by atoms with E-state index in [0.29, 0.717) is 26.2 Å². The summed E-state index contributed by atoms with van der Waals surface area (Å²) in [5.74, 6) is -1.81. The number of nitrogens with zero attached hydrogens (tertiary/aromatic N) is 2. The zero-order valence-corrected chi connectivity index (χ0v) is 12.7. The lowest BCUT2D eigenvalue weighted by Gasteiger charge is -2.36. The molecule has 0 radical (unpaired) electrons. The number of fused-ring (bicyclic) bond motifs is 1. The van der Waals surface area contributed by atoms with Crippen molar-refractivity contribution >= 4 is 11.6 Å². The summed E-state index contributed by atoms with van der Waals surface area (Å²) in [5, 5.41) is 11.5. The van der Waals surface area contributed by atoms with Crippen molar-refractivity contribution in [1.82, 2.24) is 5.32 Å². The van der Waals surface area contributed by atoms with E-state index in [1.807, 2.05) is 0 Å². The Kier molecular flexibility index (Phi) is 3.94. The Balaban J connectivity index is 1.98. The normalized spacial score (nSPS) is 26.5. The van der Waals surface area contributed by atoms with Crippen LogP contribution in [0.25, 0.3) is 0 Å². The fraction of sp³-hybridized carbons (Fsp3) is 0.500. The molecule has 0 spiro atoms. The molecule has 2 heterocycles. The first kappa shape index (κ1) is 15.7. The first-order valence-electron chi connectivity index (χ1n) is 7.46. The van der Waals surface area contributed by atoms with E-state index < -0.39 is 17.0 Å². The average Bonchev–Trinajstić information content (AvgIpc) is 2.93. The van der Waals surface area contributed by atoms with Gasteiger partial charge in [-0.2, -0.15) is 5.26 Å². The van der Waals surface area contributed by atoms with Gasteiger partial charge < -0.3 is 15.0 Å². The van der Waals surface area contributed by atoms with E-state index in [9.17, 15) is 13.6 Å². The van der Waals surface area contributed by atoms with Crippen molar-refractivity contribution in [3.63, 3.8) is 0 Å². The molecule has 2 aliphatic rings. The molecular weight excluding hydrogens is 304 g/mol. The van der Waals surface area contributed by atoms with E-state index in [0.717, 1.165) is 12.1 Å². The van der Waals surface area contributed by atoms with E-state index in [4.69, 9.17) is 10.00 Å². The summed E-state index contributed by atoms with van der Waals surface area (Å²) in [6, 6.07) is 3.76. The lowest BCUT2D eigenvalue weighted by molar-refractivity contribution is -0.138. The van der Waals surface area contributed by atoms with Crippen LogP contribution < -0.4 is 10.2 Å². The van der Waals surface area contributed by atoms with Crippen molar-refractivity contribution in [2.75, 3.05) is 38.3 Å². The predicted molar refractivity (Wildman–Crippen MR) is 78.7 cm³/mol. The number of ether oxygens (including phenoxy) is 1. The Morgan fingerprint density at radius 1 is 1.48 bits per heavy atom. The topological polar surface area (TPSA) is 65.4 Å². The van der Waals surface area contributed by atoms with Crippen molar-refractivity contribution in [1.29, 1.82) is 5.26 Å². The minimum atomic E-state index is -0.784. The van der Waals surface area contributed by atoms with Gasteiger partial charge in [0.2, 0.25) is 5.91 Å². The van der Waals surface area contributed by atoms with Crippen LogP contribution in [0.1, 0.15) is 12.0 Å². The summed E-state index contributed by atoms with van der Waals surface area (Å²) in [6.45, 7) is 1.42. The Morgan fingerprint density at radius 2 is 2.17 bits per heavy atom. The third kappa shape index (κ3) is 2.43. The summed E-state index contributed by atoms with van der Waals surface area (Å²) in [7, 11) is 1.56. The fourth-order valence-electron chi connectivity index (χ4n) is 3.67. The highest BCUT2D eigenvalue weighted by Gasteiger charge is 2.53. The number of benzene rings is 1. The second-order valence-corrected chi connectivity index (χ2v) is 6.04. The highest BCUT2D eigenvalue weighted by Crippen LogP contribution is 2.44. The largest absolute Gasteiger partial charge is 0.381 e. The minimum absolute atomic E-state index is 0.0651. The number of halogens is 2. The van der Waals surface area contributed by atoms with Crippen LogP contribution in [0.15, 0.2) is 12.1 Å². The van der Waals surface area contributed by atoms with Crippen LogP contribution >= 0.6 is 0 Å². The van der Waals surface area contributed by atoms with Crippen molar-refractivity contribution in [3.05, 3.63) is 29.3 Å². The Labute approximate surface area is 132 Å². The molecule has 2 aliphatic heterocycles. The van der Waals surface area contributed by atoms with Crippen LogP contribution in [0.2, 0.25) is 0 Å². The number of carbonyl (C=O) groups excluding carboxylic acids is 1. The first-order chi connectivity index (χ1) is 11.0. The quantitative estimate of drug-likeness (QED) is 0.895. The van der Waals surface area contributed by atoms with Crippen LogP contribution in [0.4, 0.5) is 14.5 Å². The summed E-state index contributed by atoms with van der Waals surface area (Å²) >= 11 is 0. The van der Waals surface area contributed by atoms with Gasteiger partial charge in [0.15, 0.2) is 11.6 Å². The lowest BCUT2D eigenvalue weighted by atomic mass is 9.73. The van der Waals surface area contributed by atoms with Gasteiger partial charge in [0.25, 0.3) is 0 Å². The molecule has 0 aliphatic carbocycles. The molecular formula is C16H17F2N3O2. The molecule has 2 saturated heterocycles. The second-order valence-electron chi connectivity index (χ2n) is 6.04. The Morgan fingerprint density at radius 3 is 2.78 bits per heavy atom. The number of amides is 1. The first-order valence-corrected chi connectivity index (χ1v) is 7.46. The van der Waals surface area contributed by atoms with Gasteiger partial charge in [0.1, 0.15) is 5.69 Å². The van der Waals surface area contributed by atoms with Gasteiger partial charge in [0, 0.05) is 32.7 Å². The molecule has 23 heavy (non-hydrogen) atoms. The number of anilines is 1.